The number of carboxylic acids is 1. The fraction of sp³-hybridized carbons (Fsp3) is 0.769. The van der Waals surface area contributed by atoms with E-state index in [1.54, 1.807) is 0 Å². The van der Waals surface area contributed by atoms with Crippen LogP contribution in [0.3, 0.4) is 0 Å². The number of urea groups is 1. The SMILES string of the molecule is CC(C)C(CCNC(=O)NCCOC(N)=O)CCC(=O)O. The number of hydrogen-bond acceptors (Lipinski definition) is 4. The van der Waals surface area contributed by atoms with E-state index in [1.165, 1.54) is 0 Å². The lowest BCUT2D eigenvalue weighted by Gasteiger charge is -2.20. The quantitative estimate of drug-likeness (QED) is 0.445. The Morgan fingerprint density at radius 2 is 1.76 bits per heavy atom. The van der Waals surface area contributed by atoms with E-state index in [4.69, 9.17) is 10.8 Å². The molecule has 5 N–H and O–H groups in total. The van der Waals surface area contributed by atoms with Crippen molar-refractivity contribution in [3.05, 3.63) is 0 Å². The average molecular weight is 303 g/mol. The van der Waals surface area contributed by atoms with Gasteiger partial charge >= 0.3 is 18.1 Å². The van der Waals surface area contributed by atoms with Crippen molar-refractivity contribution in [2.75, 3.05) is 19.7 Å². The van der Waals surface area contributed by atoms with Crippen LogP contribution in [0.1, 0.15) is 33.1 Å². The summed E-state index contributed by atoms with van der Waals surface area (Å²) in [4.78, 5) is 32.3. The Labute approximate surface area is 124 Å². The second-order valence-corrected chi connectivity index (χ2v) is 5.08. The van der Waals surface area contributed by atoms with Crippen molar-refractivity contribution < 1.29 is 24.2 Å². The summed E-state index contributed by atoms with van der Waals surface area (Å²) in [6, 6.07) is -0.358. The highest BCUT2D eigenvalue weighted by molar-refractivity contribution is 5.73. The zero-order valence-electron chi connectivity index (χ0n) is 12.6. The number of nitrogens with one attached hydrogen (secondary N) is 2. The van der Waals surface area contributed by atoms with Crippen molar-refractivity contribution in [2.24, 2.45) is 17.6 Å². The first-order valence-corrected chi connectivity index (χ1v) is 6.98. The second-order valence-electron chi connectivity index (χ2n) is 5.08. The molecule has 0 bridgehead atoms. The third-order valence-corrected chi connectivity index (χ3v) is 3.10. The highest BCUT2D eigenvalue weighted by atomic mass is 16.5. The summed E-state index contributed by atoms with van der Waals surface area (Å²) in [6.07, 6.45) is 0.578. The van der Waals surface area contributed by atoms with Crippen LogP contribution in [0, 0.1) is 11.8 Å². The van der Waals surface area contributed by atoms with Crippen LogP contribution in [0.4, 0.5) is 9.59 Å². The Balaban J connectivity index is 3.79. The summed E-state index contributed by atoms with van der Waals surface area (Å²) in [5.74, 6) is -0.196. The van der Waals surface area contributed by atoms with Gasteiger partial charge in [-0.2, -0.15) is 0 Å². The summed E-state index contributed by atoms with van der Waals surface area (Å²) in [7, 11) is 0. The van der Waals surface area contributed by atoms with E-state index in [1.807, 2.05) is 13.8 Å². The van der Waals surface area contributed by atoms with E-state index in [9.17, 15) is 14.4 Å². The van der Waals surface area contributed by atoms with Gasteiger partial charge in [0.1, 0.15) is 6.61 Å². The molecule has 21 heavy (non-hydrogen) atoms. The molecule has 0 rings (SSSR count). The van der Waals surface area contributed by atoms with Crippen molar-refractivity contribution >= 4 is 18.1 Å². The minimum Gasteiger partial charge on any atom is -0.481 e. The highest BCUT2D eigenvalue weighted by Crippen LogP contribution is 2.20. The summed E-state index contributed by atoms with van der Waals surface area (Å²) >= 11 is 0. The molecule has 0 aliphatic carbocycles. The minimum absolute atomic E-state index is 0.0238. The van der Waals surface area contributed by atoms with E-state index in [0.29, 0.717) is 18.9 Å². The predicted octanol–water partition coefficient (Wildman–Crippen LogP) is 0.908. The fourth-order valence-electron chi connectivity index (χ4n) is 1.87. The van der Waals surface area contributed by atoms with Gasteiger partial charge in [-0.25, -0.2) is 9.59 Å². The van der Waals surface area contributed by atoms with Crippen LogP contribution in [0.25, 0.3) is 0 Å². The average Bonchev–Trinajstić information content (AvgIpc) is 2.37. The minimum atomic E-state index is -0.879. The van der Waals surface area contributed by atoms with Crippen molar-refractivity contribution in [3.8, 4) is 0 Å². The Kier molecular flexibility index (Phi) is 9.74. The zero-order chi connectivity index (χ0) is 16.3. The second kappa shape index (κ2) is 10.8. The van der Waals surface area contributed by atoms with Gasteiger partial charge < -0.3 is 26.2 Å². The van der Waals surface area contributed by atoms with E-state index >= 15 is 0 Å². The van der Waals surface area contributed by atoms with Gasteiger partial charge in [-0.3, -0.25) is 4.79 Å². The van der Waals surface area contributed by atoms with Gasteiger partial charge in [0.25, 0.3) is 0 Å². The molecule has 122 valence electrons. The van der Waals surface area contributed by atoms with Gasteiger partial charge in [-0.15, -0.1) is 0 Å². The van der Waals surface area contributed by atoms with Gasteiger partial charge in [-0.05, 0) is 24.7 Å². The highest BCUT2D eigenvalue weighted by Gasteiger charge is 2.15. The Morgan fingerprint density at radius 1 is 1.14 bits per heavy atom. The van der Waals surface area contributed by atoms with Crippen LogP contribution in [-0.2, 0) is 9.53 Å². The fourth-order valence-corrected chi connectivity index (χ4v) is 1.87. The topological polar surface area (TPSA) is 131 Å². The normalized spacial score (nSPS) is 11.8. The van der Waals surface area contributed by atoms with E-state index in [-0.39, 0.29) is 31.5 Å². The van der Waals surface area contributed by atoms with Crippen LogP contribution in [0.5, 0.6) is 0 Å². The molecule has 8 heteroatoms. The van der Waals surface area contributed by atoms with E-state index in [2.05, 4.69) is 15.4 Å². The number of carbonyl (C=O) groups is 3. The van der Waals surface area contributed by atoms with Gasteiger partial charge in [0.15, 0.2) is 0 Å². The lowest BCUT2D eigenvalue weighted by Crippen LogP contribution is -2.38. The number of aliphatic carboxylic acids is 1. The Hall–Kier alpha value is -1.99. The lowest BCUT2D eigenvalue weighted by atomic mass is 9.88. The molecule has 3 amide bonds. The maximum absolute atomic E-state index is 11.4. The van der Waals surface area contributed by atoms with E-state index in [0.717, 1.165) is 6.42 Å². The monoisotopic (exact) mass is 303 g/mol. The molecule has 0 fully saturated rings. The van der Waals surface area contributed by atoms with Crippen LogP contribution in [0.15, 0.2) is 0 Å². The number of carbonyl (C=O) groups excluding carboxylic acids is 2. The van der Waals surface area contributed by atoms with Crippen LogP contribution >= 0.6 is 0 Å². The van der Waals surface area contributed by atoms with E-state index < -0.39 is 12.1 Å². The van der Waals surface area contributed by atoms with Crippen molar-refractivity contribution in [1.82, 2.24) is 10.6 Å². The number of primary amides is 1. The molecule has 0 radical (unpaired) electrons. The maximum atomic E-state index is 11.4. The molecule has 1 atom stereocenters. The molecular formula is C13H25N3O5. The van der Waals surface area contributed by atoms with Crippen molar-refractivity contribution in [1.29, 1.82) is 0 Å². The molecule has 0 saturated carbocycles. The third kappa shape index (κ3) is 11.5. The van der Waals surface area contributed by atoms with Crippen LogP contribution in [-0.4, -0.2) is 42.9 Å². The molecule has 0 heterocycles. The van der Waals surface area contributed by atoms with Gasteiger partial charge in [0, 0.05) is 13.0 Å². The zero-order valence-corrected chi connectivity index (χ0v) is 12.6. The molecule has 0 aliphatic heterocycles. The maximum Gasteiger partial charge on any atom is 0.404 e. The number of hydrogen-bond donors (Lipinski definition) is 4. The van der Waals surface area contributed by atoms with Gasteiger partial charge in [-0.1, -0.05) is 13.8 Å². The lowest BCUT2D eigenvalue weighted by molar-refractivity contribution is -0.137. The summed E-state index contributed by atoms with van der Waals surface area (Å²) in [5.41, 5.74) is 4.77. The third-order valence-electron chi connectivity index (χ3n) is 3.10. The van der Waals surface area contributed by atoms with Crippen molar-refractivity contribution in [2.45, 2.75) is 33.1 Å². The standard InChI is InChI=1S/C13H25N3O5/c1-9(2)10(3-4-11(17)18)5-6-15-13(20)16-7-8-21-12(14)19/h9-10H,3-8H2,1-2H3,(H2,14,19)(H,17,18)(H2,15,16,20). The number of ether oxygens (including phenoxy) is 1. The number of nitrogens with two attached hydrogens (primary N) is 1. The van der Waals surface area contributed by atoms with Gasteiger partial charge in [0.2, 0.25) is 0 Å². The first-order valence-electron chi connectivity index (χ1n) is 6.98. The molecule has 0 spiro atoms. The Bertz CT molecular complexity index is 347. The summed E-state index contributed by atoms with van der Waals surface area (Å²) in [5, 5.41) is 13.9. The number of amides is 3. The predicted molar refractivity (Wildman–Crippen MR) is 76.8 cm³/mol. The molecule has 1 unspecified atom stereocenters. The molecule has 8 nitrogen and oxygen atoms in total. The molecular weight excluding hydrogens is 278 g/mol. The van der Waals surface area contributed by atoms with Crippen LogP contribution in [0.2, 0.25) is 0 Å². The summed E-state index contributed by atoms with van der Waals surface area (Å²) in [6.45, 7) is 4.74. The summed E-state index contributed by atoms with van der Waals surface area (Å²) < 4.78 is 4.46. The Morgan fingerprint density at radius 3 is 2.29 bits per heavy atom. The van der Waals surface area contributed by atoms with Crippen molar-refractivity contribution in [3.63, 3.8) is 0 Å². The first kappa shape index (κ1) is 19.0. The smallest absolute Gasteiger partial charge is 0.404 e. The van der Waals surface area contributed by atoms with Gasteiger partial charge in [0.05, 0.1) is 6.54 Å². The molecule has 0 aromatic rings. The molecule has 0 aromatic heterocycles. The number of rotatable bonds is 10. The molecule has 0 saturated heterocycles. The first-order chi connectivity index (χ1) is 9.82. The largest absolute Gasteiger partial charge is 0.481 e. The molecule has 0 aliphatic rings. The van der Waals surface area contributed by atoms with Crippen LogP contribution < -0.4 is 16.4 Å². The number of carboxylic acid groups (broad SMARTS) is 1. The molecule has 0 aromatic carbocycles.